The third-order valence-corrected chi connectivity index (χ3v) is 3.92. The first kappa shape index (κ1) is 14.8. The van der Waals surface area contributed by atoms with E-state index in [2.05, 4.69) is 15.1 Å². The van der Waals surface area contributed by atoms with E-state index in [-0.39, 0.29) is 0 Å². The Balaban J connectivity index is 2.86. The molecule has 0 heterocycles. The van der Waals surface area contributed by atoms with Crippen molar-refractivity contribution in [1.82, 2.24) is 0 Å². The molecule has 0 aromatic heterocycles. The van der Waals surface area contributed by atoms with Crippen LogP contribution in [0.15, 0.2) is 24.3 Å². The Labute approximate surface area is 111 Å². The quantitative estimate of drug-likeness (QED) is 0.675. The van der Waals surface area contributed by atoms with Crippen molar-refractivity contribution < 1.29 is 17.2 Å². The molecule has 0 amide bonds. The van der Waals surface area contributed by atoms with Crippen LogP contribution >= 0.6 is 31.6 Å². The van der Waals surface area contributed by atoms with Gasteiger partial charge in [-0.25, -0.2) is 4.57 Å². The highest BCUT2D eigenvalue weighted by molar-refractivity contribution is 7.50. The van der Waals surface area contributed by atoms with Crippen LogP contribution in [0.3, 0.4) is 0 Å². The van der Waals surface area contributed by atoms with Crippen LogP contribution in [-0.4, -0.2) is 0 Å². The minimum atomic E-state index is -3.93. The molecule has 1 rings (SSSR count). The second kappa shape index (κ2) is 7.24. The fraction of sp³-hybridized carbons (Fsp3) is 0.400. The molecule has 0 aliphatic rings. The van der Waals surface area contributed by atoms with Gasteiger partial charge in [0.25, 0.3) is 0 Å². The van der Waals surface area contributed by atoms with E-state index in [0.717, 1.165) is 24.8 Å². The SMILES string of the molecule is CCCCc1ccccc1OP(=O)(OCl)OCl. The van der Waals surface area contributed by atoms with Gasteiger partial charge in [-0.1, -0.05) is 31.5 Å². The summed E-state index contributed by atoms with van der Waals surface area (Å²) in [6, 6.07) is 7.14. The Bertz CT molecular complexity index is 392. The van der Waals surface area contributed by atoms with Crippen molar-refractivity contribution >= 4 is 31.6 Å². The number of halogens is 2. The molecule has 0 aliphatic carbocycles. The predicted octanol–water partition coefficient (Wildman–Crippen LogP) is 4.86. The van der Waals surface area contributed by atoms with Gasteiger partial charge in [0.1, 0.15) is 5.75 Å². The van der Waals surface area contributed by atoms with Gasteiger partial charge in [-0.05, 0) is 24.5 Å². The van der Waals surface area contributed by atoms with Crippen LogP contribution in [0.25, 0.3) is 0 Å². The molecule has 96 valence electrons. The maximum Gasteiger partial charge on any atom is 0.563 e. The third kappa shape index (κ3) is 4.49. The van der Waals surface area contributed by atoms with Crippen molar-refractivity contribution in [3.05, 3.63) is 29.8 Å². The number of benzene rings is 1. The zero-order valence-corrected chi connectivity index (χ0v) is 11.7. The molecule has 0 N–H and O–H groups in total. The lowest BCUT2D eigenvalue weighted by molar-refractivity contribution is 0.317. The monoisotopic (exact) mass is 298 g/mol. The standard InChI is InChI=1S/C10H13Cl2O4P/c1-2-3-6-9-7-4-5-8-10(9)14-17(13,15-11)16-12/h4-5,7-8H,2-3,6H2,1H3. The summed E-state index contributed by atoms with van der Waals surface area (Å²) in [6.45, 7) is 2.08. The highest BCUT2D eigenvalue weighted by atomic mass is 35.5. The number of hydrogen-bond acceptors (Lipinski definition) is 4. The summed E-state index contributed by atoms with van der Waals surface area (Å²) in [7, 11) is -3.93. The summed E-state index contributed by atoms with van der Waals surface area (Å²) in [5, 5.41) is 0. The van der Waals surface area contributed by atoms with E-state index in [4.69, 9.17) is 28.3 Å². The van der Waals surface area contributed by atoms with Crippen LogP contribution in [0, 0.1) is 0 Å². The first-order chi connectivity index (χ1) is 8.15. The van der Waals surface area contributed by atoms with Crippen LogP contribution in [0.1, 0.15) is 25.3 Å². The number of phosphoric acid groups is 1. The average Bonchev–Trinajstić information content (AvgIpc) is 2.37. The van der Waals surface area contributed by atoms with E-state index < -0.39 is 7.82 Å². The van der Waals surface area contributed by atoms with Crippen LogP contribution in [-0.2, 0) is 19.1 Å². The molecule has 1 aromatic rings. The molecule has 17 heavy (non-hydrogen) atoms. The van der Waals surface area contributed by atoms with E-state index in [9.17, 15) is 4.57 Å². The molecule has 0 saturated heterocycles. The largest absolute Gasteiger partial charge is 0.563 e. The first-order valence-electron chi connectivity index (χ1n) is 5.13. The molecule has 0 spiro atoms. The molecular formula is C10H13Cl2O4P. The molecule has 4 nitrogen and oxygen atoms in total. The summed E-state index contributed by atoms with van der Waals surface area (Å²) >= 11 is 10.0. The maximum absolute atomic E-state index is 11.6. The molecule has 0 atom stereocenters. The Morgan fingerprint density at radius 2 is 1.88 bits per heavy atom. The molecule has 1 aromatic carbocycles. The first-order valence-corrected chi connectivity index (χ1v) is 7.21. The highest BCUT2D eigenvalue weighted by Gasteiger charge is 2.29. The number of rotatable bonds is 7. The van der Waals surface area contributed by atoms with Gasteiger partial charge in [-0.15, -0.1) is 0 Å². The number of aryl methyl sites for hydroxylation is 1. The minimum Gasteiger partial charge on any atom is -0.402 e. The Morgan fingerprint density at radius 1 is 1.24 bits per heavy atom. The van der Waals surface area contributed by atoms with Crippen LogP contribution in [0.2, 0.25) is 0 Å². The van der Waals surface area contributed by atoms with E-state index >= 15 is 0 Å². The smallest absolute Gasteiger partial charge is 0.402 e. The highest BCUT2D eigenvalue weighted by Crippen LogP contribution is 2.52. The summed E-state index contributed by atoms with van der Waals surface area (Å²) in [6.07, 6.45) is 2.84. The topological polar surface area (TPSA) is 44.8 Å². The van der Waals surface area contributed by atoms with E-state index in [1.807, 2.05) is 12.1 Å². The fourth-order valence-electron chi connectivity index (χ4n) is 1.33. The lowest BCUT2D eigenvalue weighted by Crippen LogP contribution is -1.97. The van der Waals surface area contributed by atoms with E-state index in [0.29, 0.717) is 5.75 Å². The second-order valence-electron chi connectivity index (χ2n) is 3.39. The van der Waals surface area contributed by atoms with Gasteiger partial charge in [0.15, 0.2) is 0 Å². The zero-order chi connectivity index (χ0) is 12.7. The molecular weight excluding hydrogens is 286 g/mol. The van der Waals surface area contributed by atoms with E-state index in [1.54, 1.807) is 12.1 Å². The van der Waals surface area contributed by atoms with Crippen molar-refractivity contribution in [1.29, 1.82) is 0 Å². The summed E-state index contributed by atoms with van der Waals surface area (Å²) < 4.78 is 24.9. The Hall–Kier alpha value is -0.250. The van der Waals surface area contributed by atoms with Gasteiger partial charge in [0.05, 0.1) is 23.7 Å². The summed E-state index contributed by atoms with van der Waals surface area (Å²) in [5.74, 6) is 0.394. The molecule has 0 bridgehead atoms. The maximum atomic E-state index is 11.6. The molecule has 7 heteroatoms. The lowest BCUT2D eigenvalue weighted by atomic mass is 10.1. The van der Waals surface area contributed by atoms with Crippen molar-refractivity contribution in [3.8, 4) is 5.75 Å². The summed E-state index contributed by atoms with van der Waals surface area (Å²) in [5.41, 5.74) is 0.900. The predicted molar refractivity (Wildman–Crippen MR) is 67.2 cm³/mol. The lowest BCUT2D eigenvalue weighted by Gasteiger charge is -2.13. The van der Waals surface area contributed by atoms with Gasteiger partial charge >= 0.3 is 7.82 Å². The average molecular weight is 299 g/mol. The van der Waals surface area contributed by atoms with Crippen LogP contribution in [0.5, 0.6) is 5.75 Å². The zero-order valence-electron chi connectivity index (χ0n) is 9.27. The second-order valence-corrected chi connectivity index (χ2v) is 5.57. The van der Waals surface area contributed by atoms with Crippen molar-refractivity contribution in [2.75, 3.05) is 0 Å². The molecule has 0 radical (unpaired) electrons. The normalized spacial score (nSPS) is 11.5. The molecule has 0 unspecified atom stereocenters. The van der Waals surface area contributed by atoms with Gasteiger partial charge in [0.2, 0.25) is 0 Å². The number of unbranched alkanes of at least 4 members (excludes halogenated alkanes) is 1. The van der Waals surface area contributed by atoms with Gasteiger partial charge in [-0.3, -0.25) is 0 Å². The minimum absolute atomic E-state index is 0.394. The Kier molecular flexibility index (Phi) is 6.31. The van der Waals surface area contributed by atoms with Crippen LogP contribution in [0.4, 0.5) is 0 Å². The fourth-order valence-corrected chi connectivity index (χ4v) is 2.25. The van der Waals surface area contributed by atoms with Crippen molar-refractivity contribution in [2.24, 2.45) is 0 Å². The third-order valence-electron chi connectivity index (χ3n) is 2.15. The van der Waals surface area contributed by atoms with Crippen LogP contribution < -0.4 is 4.52 Å². The molecule has 0 saturated carbocycles. The van der Waals surface area contributed by atoms with Gasteiger partial charge in [-0.2, -0.15) is 8.15 Å². The van der Waals surface area contributed by atoms with Crippen molar-refractivity contribution in [3.63, 3.8) is 0 Å². The molecule has 0 fully saturated rings. The van der Waals surface area contributed by atoms with Gasteiger partial charge < -0.3 is 4.52 Å². The van der Waals surface area contributed by atoms with E-state index in [1.165, 1.54) is 0 Å². The van der Waals surface area contributed by atoms with Crippen molar-refractivity contribution in [2.45, 2.75) is 26.2 Å². The number of hydrogen-bond donors (Lipinski definition) is 0. The summed E-state index contributed by atoms with van der Waals surface area (Å²) in [4.78, 5) is 0. The Morgan fingerprint density at radius 3 is 2.47 bits per heavy atom. The molecule has 0 aliphatic heterocycles. The number of para-hydroxylation sites is 1. The van der Waals surface area contributed by atoms with Gasteiger partial charge in [0, 0.05) is 0 Å².